The van der Waals surface area contributed by atoms with Crippen LogP contribution in [0.15, 0.2) is 22.7 Å². The van der Waals surface area contributed by atoms with Crippen LogP contribution in [-0.2, 0) is 11.3 Å². The average molecular weight is 329 g/mol. The number of nitrogens with one attached hydrogen (secondary N) is 1. The summed E-state index contributed by atoms with van der Waals surface area (Å²) < 4.78 is 19.3. The molecule has 0 spiro atoms. The van der Waals surface area contributed by atoms with E-state index in [4.69, 9.17) is 9.84 Å². The highest BCUT2D eigenvalue weighted by molar-refractivity contribution is 9.10. The quantitative estimate of drug-likeness (QED) is 0.904. The molecule has 1 heterocycles. The zero-order valence-electron chi connectivity index (χ0n) is 9.91. The van der Waals surface area contributed by atoms with E-state index in [0.29, 0.717) is 6.61 Å². The van der Waals surface area contributed by atoms with Crippen molar-refractivity contribution >= 4 is 21.9 Å². The van der Waals surface area contributed by atoms with Crippen LogP contribution >= 0.6 is 15.9 Å². The van der Waals surface area contributed by atoms with Crippen molar-refractivity contribution in [1.82, 2.24) is 10.2 Å². The number of carbonyl (C=O) groups is 1. The number of benzene rings is 1. The number of hydrogen-bond donors (Lipinski definition) is 2. The van der Waals surface area contributed by atoms with E-state index in [1.807, 2.05) is 0 Å². The first-order valence-electron chi connectivity index (χ1n) is 5.29. The number of H-pyrrole nitrogens is 1. The Morgan fingerprint density at radius 2 is 2.26 bits per heavy atom. The van der Waals surface area contributed by atoms with Crippen molar-refractivity contribution in [2.75, 3.05) is 7.11 Å². The van der Waals surface area contributed by atoms with Gasteiger partial charge in [0, 0.05) is 12.7 Å². The molecule has 19 heavy (non-hydrogen) atoms. The van der Waals surface area contributed by atoms with E-state index >= 15 is 0 Å². The Balaban J connectivity index is 2.50. The second-order valence-corrected chi connectivity index (χ2v) is 4.70. The Bertz CT molecular complexity index is 627. The molecule has 0 bridgehead atoms. The van der Waals surface area contributed by atoms with Gasteiger partial charge in [0.1, 0.15) is 11.5 Å². The monoisotopic (exact) mass is 328 g/mol. The van der Waals surface area contributed by atoms with Crippen molar-refractivity contribution in [1.29, 1.82) is 0 Å². The fraction of sp³-hybridized carbons (Fsp3) is 0.167. The van der Waals surface area contributed by atoms with Crippen molar-refractivity contribution in [3.63, 3.8) is 0 Å². The number of aromatic nitrogens is 2. The third-order valence-electron chi connectivity index (χ3n) is 2.48. The maximum absolute atomic E-state index is 14.0. The number of rotatable bonds is 4. The highest BCUT2D eigenvalue weighted by Crippen LogP contribution is 2.29. The second-order valence-electron chi connectivity index (χ2n) is 3.84. The van der Waals surface area contributed by atoms with E-state index in [1.165, 1.54) is 13.2 Å². The van der Waals surface area contributed by atoms with Crippen LogP contribution in [0.1, 0.15) is 16.1 Å². The van der Waals surface area contributed by atoms with Gasteiger partial charge in [-0.2, -0.15) is 5.10 Å². The van der Waals surface area contributed by atoms with Crippen LogP contribution in [0.4, 0.5) is 4.39 Å². The Morgan fingerprint density at radius 1 is 1.53 bits per heavy atom. The first kappa shape index (κ1) is 13.7. The standard InChI is InChI=1S/C12H10BrFN2O3/c1-19-5-6-2-7(11(14)8(13)3-6)9-4-10(12(17)18)16-15-9/h2-4H,5H2,1H3,(H,15,16)(H,17,18). The number of ether oxygens (including phenoxy) is 1. The molecule has 7 heteroatoms. The summed E-state index contributed by atoms with van der Waals surface area (Å²) in [5.41, 5.74) is 1.10. The van der Waals surface area contributed by atoms with Crippen molar-refractivity contribution in [2.24, 2.45) is 0 Å². The minimum atomic E-state index is -1.15. The molecule has 2 rings (SSSR count). The smallest absolute Gasteiger partial charge is 0.353 e. The lowest BCUT2D eigenvalue weighted by atomic mass is 10.1. The predicted octanol–water partition coefficient (Wildman–Crippen LogP) is 2.82. The van der Waals surface area contributed by atoms with Gasteiger partial charge in [-0.25, -0.2) is 9.18 Å². The molecule has 0 fully saturated rings. The van der Waals surface area contributed by atoms with E-state index in [2.05, 4.69) is 26.1 Å². The van der Waals surface area contributed by atoms with Gasteiger partial charge in [-0.3, -0.25) is 5.10 Å². The Hall–Kier alpha value is -1.73. The molecular formula is C12H10BrFN2O3. The van der Waals surface area contributed by atoms with Crippen molar-refractivity contribution < 1.29 is 19.0 Å². The van der Waals surface area contributed by atoms with Crippen molar-refractivity contribution in [3.8, 4) is 11.3 Å². The molecule has 100 valence electrons. The molecule has 1 aromatic heterocycles. The Labute approximate surface area is 116 Å². The number of carboxylic acid groups (broad SMARTS) is 1. The zero-order valence-corrected chi connectivity index (χ0v) is 11.5. The number of halogens is 2. The predicted molar refractivity (Wildman–Crippen MR) is 69.4 cm³/mol. The summed E-state index contributed by atoms with van der Waals surface area (Å²) in [5, 5.41) is 15.0. The minimum Gasteiger partial charge on any atom is -0.477 e. The van der Waals surface area contributed by atoms with Crippen molar-refractivity contribution in [2.45, 2.75) is 6.61 Å². The lowest BCUT2D eigenvalue weighted by Gasteiger charge is -2.06. The van der Waals surface area contributed by atoms with Crippen molar-refractivity contribution in [3.05, 3.63) is 39.7 Å². The molecule has 0 atom stereocenters. The maximum atomic E-state index is 14.0. The van der Waals surface area contributed by atoms with Gasteiger partial charge in [-0.1, -0.05) is 0 Å². The van der Waals surface area contributed by atoms with E-state index in [9.17, 15) is 9.18 Å². The zero-order chi connectivity index (χ0) is 14.0. The highest BCUT2D eigenvalue weighted by Gasteiger charge is 2.15. The van der Waals surface area contributed by atoms with E-state index < -0.39 is 11.8 Å². The molecule has 2 N–H and O–H groups in total. The molecule has 0 aliphatic heterocycles. The highest BCUT2D eigenvalue weighted by atomic mass is 79.9. The number of methoxy groups -OCH3 is 1. The van der Waals surface area contributed by atoms with Crippen LogP contribution in [0.25, 0.3) is 11.3 Å². The van der Waals surface area contributed by atoms with Gasteiger partial charge < -0.3 is 9.84 Å². The van der Waals surface area contributed by atoms with Crippen LogP contribution in [0.3, 0.4) is 0 Å². The first-order valence-corrected chi connectivity index (χ1v) is 6.08. The molecule has 0 amide bonds. The van der Waals surface area contributed by atoms with Gasteiger partial charge in [0.25, 0.3) is 0 Å². The summed E-state index contributed by atoms with van der Waals surface area (Å²) in [6.07, 6.45) is 0. The first-order chi connectivity index (χ1) is 9.02. The average Bonchev–Trinajstić information content (AvgIpc) is 2.83. The minimum absolute atomic E-state index is 0.0948. The SMILES string of the molecule is COCc1cc(Br)c(F)c(-c2cc(C(=O)O)[nH]n2)c1. The topological polar surface area (TPSA) is 75.2 Å². The number of carboxylic acids is 1. The molecule has 1 aromatic carbocycles. The van der Waals surface area contributed by atoms with Crippen LogP contribution in [0, 0.1) is 5.82 Å². The fourth-order valence-electron chi connectivity index (χ4n) is 1.65. The summed E-state index contributed by atoms with van der Waals surface area (Å²) in [4.78, 5) is 10.8. The molecule has 0 saturated heterocycles. The molecule has 5 nitrogen and oxygen atoms in total. The number of aromatic amines is 1. The van der Waals surface area contributed by atoms with Gasteiger partial charge in [0.15, 0.2) is 0 Å². The van der Waals surface area contributed by atoms with E-state index in [1.54, 1.807) is 12.1 Å². The van der Waals surface area contributed by atoms with Crippen LogP contribution in [-0.4, -0.2) is 28.4 Å². The van der Waals surface area contributed by atoms with E-state index in [-0.39, 0.29) is 21.4 Å². The third kappa shape index (κ3) is 2.82. The molecule has 0 aliphatic rings. The third-order valence-corrected chi connectivity index (χ3v) is 3.06. The summed E-state index contributed by atoms with van der Waals surface area (Å²) >= 11 is 3.12. The molecule has 0 radical (unpaired) electrons. The number of hydrogen-bond acceptors (Lipinski definition) is 3. The van der Waals surface area contributed by atoms with Gasteiger partial charge in [-0.05, 0) is 39.7 Å². The van der Waals surface area contributed by atoms with E-state index in [0.717, 1.165) is 5.56 Å². The second kappa shape index (κ2) is 5.50. The Morgan fingerprint density at radius 3 is 2.84 bits per heavy atom. The summed E-state index contributed by atoms with van der Waals surface area (Å²) in [6, 6.07) is 4.46. The molecule has 0 unspecified atom stereocenters. The molecule has 0 aliphatic carbocycles. The largest absolute Gasteiger partial charge is 0.477 e. The van der Waals surface area contributed by atoms with Crippen LogP contribution < -0.4 is 0 Å². The maximum Gasteiger partial charge on any atom is 0.353 e. The summed E-state index contributed by atoms with van der Waals surface area (Å²) in [5.74, 6) is -1.64. The van der Waals surface area contributed by atoms with Gasteiger partial charge in [0.05, 0.1) is 16.8 Å². The van der Waals surface area contributed by atoms with Gasteiger partial charge >= 0.3 is 5.97 Å². The van der Waals surface area contributed by atoms with Gasteiger partial charge in [0.2, 0.25) is 0 Å². The molecule has 2 aromatic rings. The normalized spacial score (nSPS) is 10.7. The molecule has 0 saturated carbocycles. The fourth-order valence-corrected chi connectivity index (χ4v) is 2.16. The van der Waals surface area contributed by atoms with Crippen LogP contribution in [0.2, 0.25) is 0 Å². The lowest BCUT2D eigenvalue weighted by Crippen LogP contribution is -1.95. The number of nitrogens with zero attached hydrogens (tertiary/aromatic N) is 1. The lowest BCUT2D eigenvalue weighted by molar-refractivity contribution is 0.0690. The Kier molecular flexibility index (Phi) is 3.96. The van der Waals surface area contributed by atoms with Gasteiger partial charge in [-0.15, -0.1) is 0 Å². The van der Waals surface area contributed by atoms with Crippen LogP contribution in [0.5, 0.6) is 0 Å². The molecular weight excluding hydrogens is 319 g/mol. The number of aromatic carboxylic acids is 1. The summed E-state index contributed by atoms with van der Waals surface area (Å²) in [6.45, 7) is 0.322. The summed E-state index contributed by atoms with van der Waals surface area (Å²) in [7, 11) is 1.54.